The number of amides is 4. The van der Waals surface area contributed by atoms with E-state index in [1.807, 2.05) is 0 Å². The number of carbonyl (C=O) groups excluding carboxylic acids is 4. The molecule has 0 unspecified atom stereocenters. The molecule has 0 saturated heterocycles. The lowest BCUT2D eigenvalue weighted by Gasteiger charge is -2.09. The summed E-state index contributed by atoms with van der Waals surface area (Å²) < 4.78 is 39.9. The number of halogens is 5. The molecule has 0 heterocycles. The Labute approximate surface area is 291 Å². The summed E-state index contributed by atoms with van der Waals surface area (Å²) in [6, 6.07) is 21.9. The lowest BCUT2D eigenvalue weighted by atomic mass is 10.0. The van der Waals surface area contributed by atoms with E-state index in [2.05, 4.69) is 23.8 Å². The van der Waals surface area contributed by atoms with Gasteiger partial charge in [-0.05, 0) is 96.8 Å². The summed E-state index contributed by atoms with van der Waals surface area (Å²) in [5.41, 5.74) is 2.51. The van der Waals surface area contributed by atoms with Crippen LogP contribution in [-0.2, 0) is 19.2 Å². The molecule has 0 bridgehead atoms. The largest absolute Gasteiger partial charge is 0.288 e. The zero-order chi connectivity index (χ0) is 36.2. The van der Waals surface area contributed by atoms with Crippen LogP contribution in [0, 0.1) is 17.5 Å². The van der Waals surface area contributed by atoms with Gasteiger partial charge in [0.15, 0.2) is 11.6 Å². The third-order valence-electron chi connectivity index (χ3n) is 6.47. The first-order valence-electron chi connectivity index (χ1n) is 14.3. The van der Waals surface area contributed by atoms with Crippen LogP contribution in [0.1, 0.15) is 36.1 Å². The first-order chi connectivity index (χ1) is 23.1. The van der Waals surface area contributed by atoms with Crippen LogP contribution in [-0.4, -0.2) is 23.6 Å². The Bertz CT molecular complexity index is 1970. The van der Waals surface area contributed by atoms with Crippen molar-refractivity contribution in [1.29, 1.82) is 0 Å². The van der Waals surface area contributed by atoms with E-state index in [0.717, 1.165) is 17.7 Å². The van der Waals surface area contributed by atoms with Crippen LogP contribution in [0.15, 0.2) is 115 Å². The number of imide groups is 2. The minimum atomic E-state index is -1.10. The SMILES string of the molecule is C=C(C)C(=O)NC(=O)/C(=C/c1ccc(Cl)cc1)c1ccc(F)c(F)c1.C=C(C)C(=O)NC(=O)/C(=C/c1ccc(Cl)cc1)c1ccc(F)cc1. The number of rotatable bonds is 8. The minimum absolute atomic E-state index is 0.00387. The maximum Gasteiger partial charge on any atom is 0.258 e. The predicted molar refractivity (Wildman–Crippen MR) is 187 cm³/mol. The quantitative estimate of drug-likeness (QED) is 0.142. The Balaban J connectivity index is 0.000000266. The van der Waals surface area contributed by atoms with Crippen LogP contribution in [0.3, 0.4) is 0 Å². The predicted octanol–water partition coefficient (Wildman–Crippen LogP) is 8.62. The van der Waals surface area contributed by atoms with Crippen LogP contribution in [0.4, 0.5) is 13.2 Å². The molecule has 4 aromatic rings. The molecule has 4 amide bonds. The molecule has 2 N–H and O–H groups in total. The van der Waals surface area contributed by atoms with Gasteiger partial charge in [-0.2, -0.15) is 0 Å². The highest BCUT2D eigenvalue weighted by Gasteiger charge is 2.18. The van der Waals surface area contributed by atoms with Gasteiger partial charge in [-0.25, -0.2) is 13.2 Å². The summed E-state index contributed by atoms with van der Waals surface area (Å²) in [4.78, 5) is 48.3. The summed E-state index contributed by atoms with van der Waals surface area (Å²) in [5, 5.41) is 5.49. The van der Waals surface area contributed by atoms with Gasteiger partial charge in [0.1, 0.15) is 5.82 Å². The summed E-state index contributed by atoms with van der Waals surface area (Å²) in [7, 11) is 0. The number of carbonyl (C=O) groups is 4. The van der Waals surface area contributed by atoms with Crippen molar-refractivity contribution in [3.8, 4) is 0 Å². The van der Waals surface area contributed by atoms with Crippen molar-refractivity contribution in [3.05, 3.63) is 165 Å². The molecule has 11 heteroatoms. The maximum absolute atomic E-state index is 13.6. The molecule has 0 aliphatic carbocycles. The van der Waals surface area contributed by atoms with E-state index in [1.54, 1.807) is 54.6 Å². The van der Waals surface area contributed by atoms with Gasteiger partial charge in [-0.3, -0.25) is 29.8 Å². The number of hydrogen-bond donors (Lipinski definition) is 2. The Morgan fingerprint density at radius 1 is 0.551 bits per heavy atom. The molecule has 4 aromatic carbocycles. The molecule has 0 spiro atoms. The molecule has 0 aliphatic rings. The average Bonchev–Trinajstić information content (AvgIpc) is 3.06. The van der Waals surface area contributed by atoms with Gasteiger partial charge >= 0.3 is 0 Å². The van der Waals surface area contributed by atoms with Gasteiger partial charge in [0.05, 0.1) is 0 Å². The van der Waals surface area contributed by atoms with Gasteiger partial charge in [-0.1, -0.05) is 78.8 Å². The molecule has 0 aliphatic heterocycles. The Hall–Kier alpha value is -5.51. The topological polar surface area (TPSA) is 92.3 Å². The smallest absolute Gasteiger partial charge is 0.258 e. The van der Waals surface area contributed by atoms with Crippen molar-refractivity contribution in [2.75, 3.05) is 0 Å². The highest BCUT2D eigenvalue weighted by molar-refractivity contribution is 6.31. The van der Waals surface area contributed by atoms with Crippen LogP contribution >= 0.6 is 23.2 Å². The minimum Gasteiger partial charge on any atom is -0.288 e. The van der Waals surface area contributed by atoms with Gasteiger partial charge in [0.2, 0.25) is 0 Å². The van der Waals surface area contributed by atoms with Gasteiger partial charge in [0, 0.05) is 32.3 Å². The third kappa shape index (κ3) is 11.6. The molecule has 6 nitrogen and oxygen atoms in total. The monoisotopic (exact) mass is 704 g/mol. The number of hydrogen-bond acceptors (Lipinski definition) is 4. The molecule has 0 atom stereocenters. The van der Waals surface area contributed by atoms with E-state index in [1.165, 1.54) is 50.3 Å². The van der Waals surface area contributed by atoms with E-state index in [-0.39, 0.29) is 27.9 Å². The number of nitrogens with one attached hydrogen (secondary N) is 2. The highest BCUT2D eigenvalue weighted by atomic mass is 35.5. The van der Waals surface area contributed by atoms with Crippen molar-refractivity contribution in [1.82, 2.24) is 10.6 Å². The first kappa shape index (κ1) is 37.9. The molecular formula is C38H29Cl2F3N2O4. The summed E-state index contributed by atoms with van der Waals surface area (Å²) in [5.74, 6) is -5.12. The Morgan fingerprint density at radius 3 is 1.33 bits per heavy atom. The van der Waals surface area contributed by atoms with Crippen LogP contribution in [0.2, 0.25) is 10.0 Å². The fourth-order valence-corrected chi connectivity index (χ4v) is 4.11. The lowest BCUT2D eigenvalue weighted by Crippen LogP contribution is -2.31. The second-order valence-electron chi connectivity index (χ2n) is 10.5. The molecular weight excluding hydrogens is 676 g/mol. The Kier molecular flexibility index (Phi) is 13.6. The van der Waals surface area contributed by atoms with Gasteiger partial charge in [0.25, 0.3) is 23.6 Å². The van der Waals surface area contributed by atoms with Gasteiger partial charge in [-0.15, -0.1) is 0 Å². The molecule has 250 valence electrons. The summed E-state index contributed by atoms with van der Waals surface area (Å²) >= 11 is 11.7. The van der Waals surface area contributed by atoms with Crippen molar-refractivity contribution in [2.24, 2.45) is 0 Å². The van der Waals surface area contributed by atoms with Crippen molar-refractivity contribution < 1.29 is 32.3 Å². The second-order valence-corrected chi connectivity index (χ2v) is 11.4. The molecule has 0 fully saturated rings. The standard InChI is InChI=1S/C19H14ClF2NO2.C19H15ClFNO2/c1-11(2)18(24)23-19(25)15(9-12-3-6-14(20)7-4-12)13-5-8-16(21)17(22)10-13;1-12(2)18(23)22-19(24)17(14-5-9-16(21)10-6-14)11-13-3-7-15(20)8-4-13/h3-10H,1H2,2H3,(H,23,24,25);3-11H,1H2,2H3,(H,22,23,24)/b15-9+;17-11+. The molecule has 0 radical (unpaired) electrons. The van der Waals surface area contributed by atoms with Crippen LogP contribution < -0.4 is 10.6 Å². The van der Waals surface area contributed by atoms with Crippen molar-refractivity contribution >= 4 is 70.1 Å². The zero-order valence-corrected chi connectivity index (χ0v) is 27.8. The second kappa shape index (κ2) is 17.6. The zero-order valence-electron chi connectivity index (χ0n) is 26.3. The molecule has 0 aromatic heterocycles. The highest BCUT2D eigenvalue weighted by Crippen LogP contribution is 2.23. The van der Waals surface area contributed by atoms with E-state index in [0.29, 0.717) is 21.2 Å². The van der Waals surface area contributed by atoms with Crippen LogP contribution in [0.25, 0.3) is 23.3 Å². The fraction of sp³-hybridized carbons (Fsp3) is 0.0526. The first-order valence-corrected chi connectivity index (χ1v) is 15.1. The lowest BCUT2D eigenvalue weighted by molar-refractivity contribution is -0.126. The van der Waals surface area contributed by atoms with E-state index < -0.39 is 41.1 Å². The molecule has 4 rings (SSSR count). The normalized spacial score (nSPS) is 11.1. The van der Waals surface area contributed by atoms with Crippen LogP contribution in [0.5, 0.6) is 0 Å². The number of benzene rings is 4. The molecule has 0 saturated carbocycles. The van der Waals surface area contributed by atoms with Crippen molar-refractivity contribution in [3.63, 3.8) is 0 Å². The van der Waals surface area contributed by atoms with Gasteiger partial charge < -0.3 is 0 Å². The Morgan fingerprint density at radius 2 is 0.939 bits per heavy atom. The van der Waals surface area contributed by atoms with E-state index in [9.17, 15) is 32.3 Å². The third-order valence-corrected chi connectivity index (χ3v) is 6.97. The van der Waals surface area contributed by atoms with E-state index in [4.69, 9.17) is 23.2 Å². The van der Waals surface area contributed by atoms with Crippen molar-refractivity contribution in [2.45, 2.75) is 13.8 Å². The average molecular weight is 706 g/mol. The molecule has 49 heavy (non-hydrogen) atoms. The summed E-state index contributed by atoms with van der Waals surface area (Å²) in [6.45, 7) is 9.90. The summed E-state index contributed by atoms with van der Waals surface area (Å²) in [6.07, 6.45) is 3.05. The fourth-order valence-electron chi connectivity index (χ4n) is 3.86. The maximum atomic E-state index is 13.6. The van der Waals surface area contributed by atoms with E-state index >= 15 is 0 Å².